The molecule has 0 aliphatic carbocycles. The van der Waals surface area contributed by atoms with Crippen LogP contribution < -0.4 is 5.32 Å². The van der Waals surface area contributed by atoms with Crippen LogP contribution in [0.4, 0.5) is 0 Å². The summed E-state index contributed by atoms with van der Waals surface area (Å²) in [5.41, 5.74) is 0. The van der Waals surface area contributed by atoms with Gasteiger partial charge in [-0.3, -0.25) is 9.69 Å². The van der Waals surface area contributed by atoms with E-state index in [9.17, 15) is 4.79 Å². The van der Waals surface area contributed by atoms with Crippen molar-refractivity contribution >= 4 is 5.91 Å². The lowest BCUT2D eigenvalue weighted by Gasteiger charge is -2.35. The van der Waals surface area contributed by atoms with Crippen molar-refractivity contribution in [3.8, 4) is 0 Å². The molecule has 1 aromatic rings. The number of hydrogen-bond donors (Lipinski definition) is 1. The fourth-order valence-corrected chi connectivity index (χ4v) is 2.87. The summed E-state index contributed by atoms with van der Waals surface area (Å²) in [6, 6.07) is 4.10. The van der Waals surface area contributed by atoms with Crippen LogP contribution in [-0.4, -0.2) is 30.4 Å². The predicted molar refractivity (Wildman–Crippen MR) is 84.0 cm³/mol. The molecule has 1 N–H and O–H groups in total. The molecule has 1 atom stereocenters. The third-order valence-corrected chi connectivity index (χ3v) is 4.38. The van der Waals surface area contributed by atoms with E-state index in [1.54, 1.807) is 6.26 Å². The smallest absolute Gasteiger partial charge is 0.220 e. The molecule has 4 heteroatoms. The molecule has 1 aromatic heterocycles. The van der Waals surface area contributed by atoms with Crippen molar-refractivity contribution in [2.75, 3.05) is 19.6 Å². The number of piperidine rings is 1. The first-order valence-corrected chi connectivity index (χ1v) is 8.24. The Hall–Kier alpha value is -1.29. The Labute approximate surface area is 127 Å². The number of carbonyl (C=O) groups excluding carboxylic acids is 1. The maximum Gasteiger partial charge on any atom is 0.220 e. The summed E-state index contributed by atoms with van der Waals surface area (Å²) < 4.78 is 5.60. The van der Waals surface area contributed by atoms with E-state index in [0.717, 1.165) is 37.6 Å². The average Bonchev–Trinajstić information content (AvgIpc) is 3.01. The van der Waals surface area contributed by atoms with Crippen LogP contribution in [0, 0.1) is 5.92 Å². The number of unbranched alkanes of at least 4 members (excludes halogenated alkanes) is 1. The van der Waals surface area contributed by atoms with E-state index < -0.39 is 0 Å². The molecule has 0 aromatic carbocycles. The molecule has 1 aliphatic heterocycles. The van der Waals surface area contributed by atoms with Crippen LogP contribution in [0.15, 0.2) is 22.8 Å². The number of nitrogens with one attached hydrogen (secondary N) is 1. The number of likely N-dealkylation sites (tertiary alicyclic amines) is 1. The van der Waals surface area contributed by atoms with Crippen LogP contribution in [0.1, 0.15) is 57.8 Å². The van der Waals surface area contributed by atoms with Crippen molar-refractivity contribution < 1.29 is 9.21 Å². The van der Waals surface area contributed by atoms with E-state index in [0.29, 0.717) is 13.0 Å². The Bertz CT molecular complexity index is 408. The van der Waals surface area contributed by atoms with E-state index >= 15 is 0 Å². The van der Waals surface area contributed by atoms with Gasteiger partial charge in [-0.1, -0.05) is 20.3 Å². The van der Waals surface area contributed by atoms with E-state index in [2.05, 4.69) is 24.1 Å². The molecule has 118 valence electrons. The molecule has 0 radical (unpaired) electrons. The zero-order valence-corrected chi connectivity index (χ0v) is 13.3. The second-order valence-electron chi connectivity index (χ2n) is 6.16. The molecule has 1 amide bonds. The lowest BCUT2D eigenvalue weighted by atomic mass is 9.97. The second-order valence-corrected chi connectivity index (χ2v) is 6.16. The number of carbonyl (C=O) groups is 1. The van der Waals surface area contributed by atoms with Crippen molar-refractivity contribution in [1.29, 1.82) is 0 Å². The molecule has 2 rings (SSSR count). The highest BCUT2D eigenvalue weighted by Crippen LogP contribution is 2.26. The molecule has 1 saturated heterocycles. The van der Waals surface area contributed by atoms with Gasteiger partial charge in [0.1, 0.15) is 5.76 Å². The van der Waals surface area contributed by atoms with Crippen LogP contribution in [0.3, 0.4) is 0 Å². The summed E-state index contributed by atoms with van der Waals surface area (Å²) in [7, 11) is 0. The Kier molecular flexibility index (Phi) is 6.30. The highest BCUT2D eigenvalue weighted by molar-refractivity contribution is 5.75. The minimum Gasteiger partial charge on any atom is -0.468 e. The molecule has 0 spiro atoms. The maximum absolute atomic E-state index is 11.9. The van der Waals surface area contributed by atoms with Gasteiger partial charge >= 0.3 is 0 Å². The van der Waals surface area contributed by atoms with Gasteiger partial charge in [0, 0.05) is 13.0 Å². The van der Waals surface area contributed by atoms with Gasteiger partial charge in [0.15, 0.2) is 0 Å². The highest BCUT2D eigenvalue weighted by atomic mass is 16.3. The first-order valence-electron chi connectivity index (χ1n) is 8.24. The fourth-order valence-electron chi connectivity index (χ4n) is 2.87. The van der Waals surface area contributed by atoms with Crippen LogP contribution in [0.25, 0.3) is 0 Å². The first kappa shape index (κ1) is 16.1. The van der Waals surface area contributed by atoms with Crippen molar-refractivity contribution in [2.45, 2.75) is 52.0 Å². The monoisotopic (exact) mass is 292 g/mol. The van der Waals surface area contributed by atoms with Crippen LogP contribution in [0.5, 0.6) is 0 Å². The van der Waals surface area contributed by atoms with Gasteiger partial charge < -0.3 is 9.73 Å². The largest absolute Gasteiger partial charge is 0.468 e. The Morgan fingerprint density at radius 2 is 2.24 bits per heavy atom. The van der Waals surface area contributed by atoms with Crippen LogP contribution >= 0.6 is 0 Å². The quantitative estimate of drug-likeness (QED) is 0.838. The van der Waals surface area contributed by atoms with Crippen molar-refractivity contribution in [1.82, 2.24) is 10.2 Å². The summed E-state index contributed by atoms with van der Waals surface area (Å²) in [4.78, 5) is 14.3. The highest BCUT2D eigenvalue weighted by Gasteiger charge is 2.26. The molecule has 1 aliphatic rings. The summed E-state index contributed by atoms with van der Waals surface area (Å²) >= 11 is 0. The fraction of sp³-hybridized carbons (Fsp3) is 0.706. The SMILES string of the molecule is CCCCC(=O)NCC(c1ccco1)N1CCC(C)CC1. The topological polar surface area (TPSA) is 45.5 Å². The van der Waals surface area contributed by atoms with Crippen LogP contribution in [-0.2, 0) is 4.79 Å². The summed E-state index contributed by atoms with van der Waals surface area (Å²) in [5.74, 6) is 1.91. The van der Waals surface area contributed by atoms with Crippen molar-refractivity contribution in [3.63, 3.8) is 0 Å². The molecular weight excluding hydrogens is 264 g/mol. The normalized spacial score (nSPS) is 18.6. The number of furan rings is 1. The standard InChI is InChI=1S/C17H28N2O2/c1-3-4-7-17(20)18-13-15(16-6-5-12-21-16)19-10-8-14(2)9-11-19/h5-6,12,14-15H,3-4,7-11,13H2,1-2H3,(H,18,20). The predicted octanol–water partition coefficient (Wildman–Crippen LogP) is 3.36. The van der Waals surface area contributed by atoms with E-state index in [1.807, 2.05) is 12.1 Å². The molecular formula is C17H28N2O2. The summed E-state index contributed by atoms with van der Waals surface area (Å²) in [6.07, 6.45) is 6.80. The Balaban J connectivity index is 1.92. The summed E-state index contributed by atoms with van der Waals surface area (Å²) in [6.45, 7) is 7.22. The minimum absolute atomic E-state index is 0.152. The third-order valence-electron chi connectivity index (χ3n) is 4.38. The second kappa shape index (κ2) is 8.23. The van der Waals surface area contributed by atoms with Crippen molar-refractivity contribution in [3.05, 3.63) is 24.2 Å². The lowest BCUT2D eigenvalue weighted by molar-refractivity contribution is -0.121. The van der Waals surface area contributed by atoms with Crippen LogP contribution in [0.2, 0.25) is 0 Å². The zero-order chi connectivity index (χ0) is 15.1. The molecule has 0 saturated carbocycles. The van der Waals surface area contributed by atoms with Gasteiger partial charge in [-0.2, -0.15) is 0 Å². The lowest BCUT2D eigenvalue weighted by Crippen LogP contribution is -2.41. The van der Waals surface area contributed by atoms with E-state index in [-0.39, 0.29) is 11.9 Å². The zero-order valence-electron chi connectivity index (χ0n) is 13.3. The molecule has 1 unspecified atom stereocenters. The Morgan fingerprint density at radius 1 is 1.48 bits per heavy atom. The van der Waals surface area contributed by atoms with Gasteiger partial charge in [-0.05, 0) is 50.4 Å². The van der Waals surface area contributed by atoms with E-state index in [4.69, 9.17) is 4.42 Å². The van der Waals surface area contributed by atoms with Gasteiger partial charge in [0.2, 0.25) is 5.91 Å². The summed E-state index contributed by atoms with van der Waals surface area (Å²) in [5, 5.41) is 3.07. The molecule has 1 fully saturated rings. The number of rotatable bonds is 7. The maximum atomic E-state index is 11.9. The molecule has 4 nitrogen and oxygen atoms in total. The van der Waals surface area contributed by atoms with Gasteiger partial charge in [-0.15, -0.1) is 0 Å². The molecule has 0 bridgehead atoms. The molecule has 21 heavy (non-hydrogen) atoms. The Morgan fingerprint density at radius 3 is 2.86 bits per heavy atom. The average molecular weight is 292 g/mol. The third kappa shape index (κ3) is 4.88. The number of hydrogen-bond acceptors (Lipinski definition) is 3. The first-order chi connectivity index (χ1) is 10.2. The van der Waals surface area contributed by atoms with Gasteiger partial charge in [-0.25, -0.2) is 0 Å². The molecule has 2 heterocycles. The van der Waals surface area contributed by atoms with Gasteiger partial charge in [0.25, 0.3) is 0 Å². The number of amides is 1. The van der Waals surface area contributed by atoms with Crippen molar-refractivity contribution in [2.24, 2.45) is 5.92 Å². The number of nitrogens with zero attached hydrogens (tertiary/aromatic N) is 1. The van der Waals surface area contributed by atoms with E-state index in [1.165, 1.54) is 12.8 Å². The van der Waals surface area contributed by atoms with Gasteiger partial charge in [0.05, 0.1) is 12.3 Å². The minimum atomic E-state index is 0.152.